The van der Waals surface area contributed by atoms with Crippen molar-refractivity contribution in [2.75, 3.05) is 32.0 Å². The van der Waals surface area contributed by atoms with E-state index in [-0.39, 0.29) is 5.91 Å². The number of amides is 1. The van der Waals surface area contributed by atoms with E-state index in [0.29, 0.717) is 11.7 Å². The highest BCUT2D eigenvalue weighted by Crippen LogP contribution is 2.26. The van der Waals surface area contributed by atoms with Crippen LogP contribution in [0.5, 0.6) is 0 Å². The van der Waals surface area contributed by atoms with Gasteiger partial charge in [0.05, 0.1) is 11.9 Å². The van der Waals surface area contributed by atoms with Crippen molar-refractivity contribution < 1.29 is 4.79 Å². The molecule has 0 atom stereocenters. The number of aromatic nitrogens is 3. The van der Waals surface area contributed by atoms with Gasteiger partial charge >= 0.3 is 0 Å². The Morgan fingerprint density at radius 1 is 1.11 bits per heavy atom. The molecule has 2 N–H and O–H groups in total. The van der Waals surface area contributed by atoms with Gasteiger partial charge in [0.15, 0.2) is 11.5 Å². The van der Waals surface area contributed by atoms with Crippen molar-refractivity contribution in [2.24, 2.45) is 5.92 Å². The summed E-state index contributed by atoms with van der Waals surface area (Å²) in [4.78, 5) is 24.1. The van der Waals surface area contributed by atoms with Crippen LogP contribution in [0.1, 0.15) is 40.7 Å². The number of fused-ring (bicyclic) bond motifs is 1. The summed E-state index contributed by atoms with van der Waals surface area (Å²) in [5.74, 6) is 1.45. The third-order valence-electron chi connectivity index (χ3n) is 7.17. The number of nitrogens with zero attached hydrogens (tertiary/aromatic N) is 4. The highest BCUT2D eigenvalue weighted by molar-refractivity contribution is 5.96. The maximum Gasteiger partial charge on any atom is 0.253 e. The van der Waals surface area contributed by atoms with Crippen LogP contribution >= 0.6 is 0 Å². The van der Waals surface area contributed by atoms with Crippen LogP contribution in [0.15, 0.2) is 61.1 Å². The summed E-state index contributed by atoms with van der Waals surface area (Å²) in [5.41, 5.74) is 6.65. The molecule has 3 heterocycles. The number of piperidine rings is 1. The first kappa shape index (κ1) is 24.0. The summed E-state index contributed by atoms with van der Waals surface area (Å²) >= 11 is 0. The number of anilines is 2. The Labute approximate surface area is 212 Å². The van der Waals surface area contributed by atoms with Gasteiger partial charge in [-0.15, -0.1) is 0 Å². The topological polar surface area (TPSA) is 74.6 Å². The molecule has 2 aromatic carbocycles. The molecule has 7 nitrogen and oxygen atoms in total. The number of hydrogen-bond donors (Lipinski definition) is 2. The van der Waals surface area contributed by atoms with Gasteiger partial charge < -0.3 is 15.5 Å². The molecule has 1 saturated heterocycles. The normalized spacial score (nSPS) is 14.2. The molecule has 0 radical (unpaired) electrons. The summed E-state index contributed by atoms with van der Waals surface area (Å²) < 4.78 is 2.04. The van der Waals surface area contributed by atoms with Crippen LogP contribution in [0.25, 0.3) is 16.9 Å². The summed E-state index contributed by atoms with van der Waals surface area (Å²) in [5, 5.41) is 6.80. The van der Waals surface area contributed by atoms with E-state index in [0.717, 1.165) is 59.8 Å². The Kier molecular flexibility index (Phi) is 7.00. The summed E-state index contributed by atoms with van der Waals surface area (Å²) in [6, 6.07) is 14.3. The first-order chi connectivity index (χ1) is 17.5. The fourth-order valence-electron chi connectivity index (χ4n) is 4.92. The Balaban J connectivity index is 1.30. The van der Waals surface area contributed by atoms with E-state index in [1.165, 1.54) is 18.4 Å². The van der Waals surface area contributed by atoms with Gasteiger partial charge in [0.1, 0.15) is 0 Å². The van der Waals surface area contributed by atoms with E-state index in [9.17, 15) is 4.79 Å². The second-order valence-electron chi connectivity index (χ2n) is 9.84. The van der Waals surface area contributed by atoms with Crippen LogP contribution in [0.4, 0.5) is 11.5 Å². The average Bonchev–Trinajstić information content (AvgIpc) is 3.33. The Morgan fingerprint density at radius 3 is 2.64 bits per heavy atom. The van der Waals surface area contributed by atoms with E-state index < -0.39 is 0 Å². The number of rotatable bonds is 7. The largest absolute Gasteiger partial charge is 0.342 e. The molecule has 5 rings (SSSR count). The lowest BCUT2D eigenvalue weighted by molar-refractivity contribution is 0.0784. The van der Waals surface area contributed by atoms with E-state index in [4.69, 9.17) is 0 Å². The van der Waals surface area contributed by atoms with Crippen LogP contribution in [0, 0.1) is 19.8 Å². The quantitative estimate of drug-likeness (QED) is 0.378. The molecule has 1 amide bonds. The van der Waals surface area contributed by atoms with Crippen molar-refractivity contribution in [1.82, 2.24) is 24.6 Å². The van der Waals surface area contributed by atoms with Gasteiger partial charge in [-0.25, -0.2) is 9.97 Å². The standard InChI is InChI=1S/C29H34N6O/c1-20-4-6-23(7-5-20)26-19-32-28-27(31-15-17-35(26)28)33-24-8-9-25(21(2)18-24)29(36)34(3)16-12-22-10-13-30-14-11-22/h4-9,15,17-19,22,30H,10-14,16H2,1-3H3,(H,31,33). The average molecular weight is 483 g/mol. The lowest BCUT2D eigenvalue weighted by atomic mass is 9.94. The number of aryl methyl sites for hydroxylation is 2. The van der Waals surface area contributed by atoms with E-state index in [1.807, 2.05) is 53.9 Å². The van der Waals surface area contributed by atoms with Crippen LogP contribution < -0.4 is 10.6 Å². The fourth-order valence-corrected chi connectivity index (χ4v) is 4.92. The SMILES string of the molecule is Cc1ccc(-c2cnc3c(Nc4ccc(C(=O)N(C)CCC5CCNCC5)c(C)c4)nccn23)cc1. The first-order valence-corrected chi connectivity index (χ1v) is 12.7. The molecule has 1 fully saturated rings. The number of nitrogens with one attached hydrogen (secondary N) is 2. The van der Waals surface area contributed by atoms with Crippen LogP contribution in [0.3, 0.4) is 0 Å². The number of hydrogen-bond acceptors (Lipinski definition) is 5. The van der Waals surface area contributed by atoms with Crippen LogP contribution in [-0.2, 0) is 0 Å². The monoisotopic (exact) mass is 482 g/mol. The Bertz CT molecular complexity index is 1350. The molecule has 0 aliphatic carbocycles. The van der Waals surface area contributed by atoms with E-state index in [2.05, 4.69) is 51.8 Å². The number of carbonyl (C=O) groups is 1. The molecule has 4 aromatic rings. The molecule has 0 saturated carbocycles. The highest BCUT2D eigenvalue weighted by Gasteiger charge is 2.18. The number of benzene rings is 2. The lowest BCUT2D eigenvalue weighted by Crippen LogP contribution is -2.32. The smallest absolute Gasteiger partial charge is 0.253 e. The molecule has 7 heteroatoms. The van der Waals surface area contributed by atoms with Crippen molar-refractivity contribution in [3.8, 4) is 11.3 Å². The van der Waals surface area contributed by atoms with Crippen molar-refractivity contribution in [2.45, 2.75) is 33.1 Å². The van der Waals surface area contributed by atoms with Gasteiger partial charge in [-0.05, 0) is 75.9 Å². The minimum absolute atomic E-state index is 0.0733. The zero-order chi connectivity index (χ0) is 25.1. The van der Waals surface area contributed by atoms with Crippen molar-refractivity contribution in [3.63, 3.8) is 0 Å². The molecule has 0 unspecified atom stereocenters. The zero-order valence-corrected chi connectivity index (χ0v) is 21.3. The minimum atomic E-state index is 0.0733. The predicted octanol–water partition coefficient (Wildman–Crippen LogP) is 5.22. The molecular formula is C29H34N6O. The summed E-state index contributed by atoms with van der Waals surface area (Å²) in [6.07, 6.45) is 9.04. The molecule has 0 bridgehead atoms. The van der Waals surface area contributed by atoms with Gasteiger partial charge in [-0.1, -0.05) is 29.8 Å². The Hall–Kier alpha value is -3.71. The fraction of sp³-hybridized carbons (Fsp3) is 0.345. The zero-order valence-electron chi connectivity index (χ0n) is 21.3. The van der Waals surface area contributed by atoms with Gasteiger partial charge in [0, 0.05) is 42.8 Å². The maximum absolute atomic E-state index is 13.1. The molecule has 0 spiro atoms. The van der Waals surface area contributed by atoms with E-state index in [1.54, 1.807) is 6.20 Å². The Morgan fingerprint density at radius 2 is 1.89 bits per heavy atom. The number of carbonyl (C=O) groups excluding carboxylic acids is 1. The van der Waals surface area contributed by atoms with Gasteiger partial charge in [-0.2, -0.15) is 0 Å². The summed E-state index contributed by atoms with van der Waals surface area (Å²) in [6.45, 7) is 7.03. The van der Waals surface area contributed by atoms with Gasteiger partial charge in [0.25, 0.3) is 5.91 Å². The molecule has 36 heavy (non-hydrogen) atoms. The molecule has 1 aliphatic rings. The third kappa shape index (κ3) is 5.11. The summed E-state index contributed by atoms with van der Waals surface area (Å²) in [7, 11) is 1.91. The number of imidazole rings is 1. The van der Waals surface area contributed by atoms with Crippen LogP contribution in [-0.4, -0.2) is 51.9 Å². The maximum atomic E-state index is 13.1. The molecule has 2 aromatic heterocycles. The van der Waals surface area contributed by atoms with Crippen molar-refractivity contribution in [1.29, 1.82) is 0 Å². The van der Waals surface area contributed by atoms with Crippen molar-refractivity contribution >= 4 is 23.1 Å². The van der Waals surface area contributed by atoms with Crippen molar-refractivity contribution in [3.05, 3.63) is 77.7 Å². The lowest BCUT2D eigenvalue weighted by Gasteiger charge is -2.25. The highest BCUT2D eigenvalue weighted by atomic mass is 16.2. The second-order valence-corrected chi connectivity index (χ2v) is 9.84. The second kappa shape index (κ2) is 10.5. The molecular weight excluding hydrogens is 448 g/mol. The first-order valence-electron chi connectivity index (χ1n) is 12.7. The van der Waals surface area contributed by atoms with Crippen LogP contribution in [0.2, 0.25) is 0 Å². The predicted molar refractivity (Wildman–Crippen MR) is 145 cm³/mol. The van der Waals surface area contributed by atoms with Gasteiger partial charge in [-0.3, -0.25) is 9.20 Å². The molecule has 186 valence electrons. The molecule has 1 aliphatic heterocycles. The van der Waals surface area contributed by atoms with E-state index >= 15 is 0 Å². The minimum Gasteiger partial charge on any atom is -0.342 e. The third-order valence-corrected chi connectivity index (χ3v) is 7.17. The van der Waals surface area contributed by atoms with Gasteiger partial charge in [0.2, 0.25) is 0 Å².